The maximum absolute atomic E-state index is 14.4. The van der Waals surface area contributed by atoms with Crippen LogP contribution in [0.1, 0.15) is 40.5 Å². The molecule has 2 fully saturated rings. The molecule has 2 aliphatic rings. The third kappa shape index (κ3) is 1.88. The second kappa shape index (κ2) is 4.03. The monoisotopic (exact) mass is 273 g/mol. The average Bonchev–Trinajstić information content (AvgIpc) is 2.93. The van der Waals surface area contributed by atoms with E-state index >= 15 is 0 Å². The van der Waals surface area contributed by atoms with Crippen molar-refractivity contribution in [2.45, 2.75) is 77.0 Å². The molecule has 2 aliphatic carbocycles. The highest BCUT2D eigenvalue weighted by atomic mass is 28.4. The van der Waals surface area contributed by atoms with Crippen molar-refractivity contribution < 1.29 is 8.82 Å². The number of rotatable bonds is 3. The molecule has 0 aliphatic heterocycles. The molecule has 2 N–H and O–H groups in total. The SMILES string of the molecule is CC[C@@]12C[C@@H]1[C@@H](N)[C@H](F)[C@@H]2O[Si](C)(C)C(C)(C)C. The molecule has 0 bridgehead atoms. The van der Waals surface area contributed by atoms with Crippen LogP contribution in [-0.2, 0) is 4.43 Å². The van der Waals surface area contributed by atoms with E-state index < -0.39 is 14.5 Å². The van der Waals surface area contributed by atoms with Gasteiger partial charge in [-0.1, -0.05) is 27.7 Å². The summed E-state index contributed by atoms with van der Waals surface area (Å²) in [7, 11) is -1.92. The molecule has 2 rings (SSSR count). The van der Waals surface area contributed by atoms with Gasteiger partial charge in [0.05, 0.1) is 6.10 Å². The summed E-state index contributed by atoms with van der Waals surface area (Å²) in [4.78, 5) is 0. The van der Waals surface area contributed by atoms with Gasteiger partial charge in [-0.25, -0.2) is 4.39 Å². The highest BCUT2D eigenvalue weighted by molar-refractivity contribution is 6.74. The Bertz CT molecular complexity index is 341. The van der Waals surface area contributed by atoms with Crippen LogP contribution in [0.3, 0.4) is 0 Å². The van der Waals surface area contributed by atoms with Gasteiger partial charge in [-0.05, 0) is 36.9 Å². The Kier molecular flexibility index (Phi) is 3.24. The van der Waals surface area contributed by atoms with E-state index in [1.54, 1.807) is 0 Å². The molecule has 4 heteroatoms. The van der Waals surface area contributed by atoms with E-state index in [0.717, 1.165) is 12.8 Å². The van der Waals surface area contributed by atoms with E-state index in [9.17, 15) is 4.39 Å². The lowest BCUT2D eigenvalue weighted by molar-refractivity contribution is 0.0462. The first kappa shape index (κ1) is 14.5. The van der Waals surface area contributed by atoms with E-state index in [2.05, 4.69) is 40.8 Å². The van der Waals surface area contributed by atoms with E-state index in [-0.39, 0.29) is 22.6 Å². The minimum absolute atomic E-state index is 0.0500. The summed E-state index contributed by atoms with van der Waals surface area (Å²) in [5.74, 6) is 0.354. The zero-order chi connectivity index (χ0) is 13.9. The average molecular weight is 273 g/mol. The molecular weight excluding hydrogens is 245 g/mol. The second-order valence-electron chi connectivity index (χ2n) is 7.72. The van der Waals surface area contributed by atoms with Crippen molar-refractivity contribution in [1.82, 2.24) is 0 Å². The van der Waals surface area contributed by atoms with Gasteiger partial charge in [0.1, 0.15) is 6.17 Å². The Morgan fingerprint density at radius 2 is 1.94 bits per heavy atom. The highest BCUT2D eigenvalue weighted by Gasteiger charge is 2.71. The molecule has 18 heavy (non-hydrogen) atoms. The molecule has 2 saturated carbocycles. The van der Waals surface area contributed by atoms with Crippen molar-refractivity contribution in [3.63, 3.8) is 0 Å². The first-order valence-corrected chi connectivity index (χ1v) is 10.0. The quantitative estimate of drug-likeness (QED) is 0.799. The summed E-state index contributed by atoms with van der Waals surface area (Å²) in [6.45, 7) is 13.1. The van der Waals surface area contributed by atoms with Crippen molar-refractivity contribution in [3.05, 3.63) is 0 Å². The summed E-state index contributed by atoms with van der Waals surface area (Å²) < 4.78 is 20.8. The van der Waals surface area contributed by atoms with Crippen LogP contribution in [0.5, 0.6) is 0 Å². The molecule has 2 nitrogen and oxygen atoms in total. The number of alkyl halides is 1. The topological polar surface area (TPSA) is 35.2 Å². The van der Waals surface area contributed by atoms with Crippen LogP contribution in [0, 0.1) is 11.3 Å². The second-order valence-corrected chi connectivity index (χ2v) is 12.5. The maximum atomic E-state index is 14.4. The van der Waals surface area contributed by atoms with Gasteiger partial charge in [0.25, 0.3) is 0 Å². The van der Waals surface area contributed by atoms with Crippen LogP contribution in [0.2, 0.25) is 18.1 Å². The number of nitrogens with two attached hydrogens (primary N) is 1. The van der Waals surface area contributed by atoms with Crippen molar-refractivity contribution in [3.8, 4) is 0 Å². The third-order valence-corrected chi connectivity index (χ3v) is 10.2. The largest absolute Gasteiger partial charge is 0.410 e. The van der Waals surface area contributed by atoms with Gasteiger partial charge in [-0.2, -0.15) is 0 Å². The fourth-order valence-corrected chi connectivity index (χ4v) is 4.58. The molecular formula is C14H28FNOSi. The van der Waals surface area contributed by atoms with Gasteiger partial charge in [0.15, 0.2) is 8.32 Å². The summed E-state index contributed by atoms with van der Waals surface area (Å²) >= 11 is 0. The molecule has 0 aromatic rings. The molecule has 0 aromatic heterocycles. The molecule has 0 heterocycles. The Balaban J connectivity index is 2.19. The Morgan fingerprint density at radius 1 is 1.39 bits per heavy atom. The molecule has 0 radical (unpaired) electrons. The summed E-state index contributed by atoms with van der Waals surface area (Å²) in [6.07, 6.45) is 0.816. The molecule has 0 amide bonds. The zero-order valence-corrected chi connectivity index (χ0v) is 13.6. The smallest absolute Gasteiger partial charge is 0.192 e. The van der Waals surface area contributed by atoms with Crippen molar-refractivity contribution in [2.75, 3.05) is 0 Å². The number of hydrogen-bond donors (Lipinski definition) is 1. The van der Waals surface area contributed by atoms with E-state index in [0.29, 0.717) is 5.92 Å². The normalized spacial score (nSPS) is 44.0. The number of fused-ring (bicyclic) bond motifs is 1. The van der Waals surface area contributed by atoms with Gasteiger partial charge in [0.2, 0.25) is 0 Å². The molecule has 106 valence electrons. The molecule has 5 atom stereocenters. The predicted octanol–water partition coefficient (Wildman–Crippen LogP) is 3.47. The van der Waals surface area contributed by atoms with Crippen LogP contribution in [0.15, 0.2) is 0 Å². The van der Waals surface area contributed by atoms with Crippen LogP contribution in [0.25, 0.3) is 0 Å². The maximum Gasteiger partial charge on any atom is 0.192 e. The highest BCUT2D eigenvalue weighted by Crippen LogP contribution is 2.67. The van der Waals surface area contributed by atoms with Crippen molar-refractivity contribution in [1.29, 1.82) is 0 Å². The first-order chi connectivity index (χ1) is 8.07. The first-order valence-electron chi connectivity index (χ1n) is 7.14. The van der Waals surface area contributed by atoms with Gasteiger partial charge in [0, 0.05) is 11.5 Å². The lowest BCUT2D eigenvalue weighted by Gasteiger charge is -2.41. The number of halogens is 1. The molecule has 0 unspecified atom stereocenters. The summed E-state index contributed by atoms with van der Waals surface area (Å²) in [6, 6.07) is -0.306. The lowest BCUT2D eigenvalue weighted by atomic mass is 9.97. The summed E-state index contributed by atoms with van der Waals surface area (Å²) in [5, 5.41) is 0.124. The van der Waals surface area contributed by atoms with E-state index in [1.165, 1.54) is 0 Å². The summed E-state index contributed by atoms with van der Waals surface area (Å²) in [5.41, 5.74) is 6.05. The Morgan fingerprint density at radius 3 is 2.39 bits per heavy atom. The predicted molar refractivity (Wildman–Crippen MR) is 75.8 cm³/mol. The van der Waals surface area contributed by atoms with Crippen LogP contribution in [-0.4, -0.2) is 26.6 Å². The standard InChI is InChI=1S/C14H28FNOSi/c1-7-14-8-9(14)11(16)10(15)12(14)17-18(5,6)13(2,3)4/h9-12H,7-8,16H2,1-6H3/t9-,10+,11-,12+,14-/m1/s1. The molecule has 0 aromatic carbocycles. The van der Waals surface area contributed by atoms with Gasteiger partial charge in [-0.15, -0.1) is 0 Å². The van der Waals surface area contributed by atoms with Crippen LogP contribution >= 0.6 is 0 Å². The zero-order valence-electron chi connectivity index (χ0n) is 12.6. The van der Waals surface area contributed by atoms with Gasteiger partial charge in [-0.3, -0.25) is 0 Å². The Labute approximate surface area is 112 Å². The number of hydrogen-bond acceptors (Lipinski definition) is 2. The fraction of sp³-hybridized carbons (Fsp3) is 1.00. The minimum atomic E-state index is -1.92. The molecule has 0 saturated heterocycles. The third-order valence-electron chi connectivity index (χ3n) is 5.75. The van der Waals surface area contributed by atoms with E-state index in [4.69, 9.17) is 10.2 Å². The fourth-order valence-electron chi connectivity index (χ4n) is 3.22. The minimum Gasteiger partial charge on any atom is -0.410 e. The van der Waals surface area contributed by atoms with Crippen molar-refractivity contribution in [2.24, 2.45) is 17.1 Å². The van der Waals surface area contributed by atoms with Crippen LogP contribution < -0.4 is 5.73 Å². The lowest BCUT2D eigenvalue weighted by Crippen LogP contribution is -2.49. The Hall–Kier alpha value is 0.0669. The van der Waals surface area contributed by atoms with Gasteiger partial charge < -0.3 is 10.2 Å². The van der Waals surface area contributed by atoms with Crippen molar-refractivity contribution >= 4 is 8.32 Å². The van der Waals surface area contributed by atoms with Crippen LogP contribution in [0.4, 0.5) is 4.39 Å². The van der Waals surface area contributed by atoms with Gasteiger partial charge >= 0.3 is 0 Å². The van der Waals surface area contributed by atoms with E-state index in [1.807, 2.05) is 0 Å². The molecule has 0 spiro atoms.